The summed E-state index contributed by atoms with van der Waals surface area (Å²) in [5.41, 5.74) is 2.57. The van der Waals surface area contributed by atoms with Crippen LogP contribution in [0.5, 0.6) is 0 Å². The summed E-state index contributed by atoms with van der Waals surface area (Å²) >= 11 is 0. The number of piperidine rings is 1. The van der Waals surface area contributed by atoms with Crippen LogP contribution in [0.1, 0.15) is 24.2 Å². The minimum absolute atomic E-state index is 0.0686. The zero-order chi connectivity index (χ0) is 23.7. The Labute approximate surface area is 199 Å². The van der Waals surface area contributed by atoms with Crippen LogP contribution < -0.4 is 9.80 Å². The second kappa shape index (κ2) is 9.40. The molecule has 8 nitrogen and oxygen atoms in total. The third-order valence-corrected chi connectivity index (χ3v) is 6.74. The molecular formula is C25H30FN7O. The maximum absolute atomic E-state index is 14.1. The number of carbonyl (C=O) groups is 1. The van der Waals surface area contributed by atoms with E-state index < -0.39 is 0 Å². The number of amides is 1. The van der Waals surface area contributed by atoms with E-state index in [0.717, 1.165) is 42.4 Å². The second-order valence-corrected chi connectivity index (χ2v) is 9.12. The van der Waals surface area contributed by atoms with Crippen molar-refractivity contribution in [1.82, 2.24) is 24.6 Å². The van der Waals surface area contributed by atoms with E-state index in [9.17, 15) is 9.18 Å². The van der Waals surface area contributed by atoms with Gasteiger partial charge >= 0.3 is 0 Å². The summed E-state index contributed by atoms with van der Waals surface area (Å²) in [6.07, 6.45) is 3.37. The highest BCUT2D eigenvalue weighted by molar-refractivity contribution is 5.80. The number of para-hydroxylation sites is 1. The van der Waals surface area contributed by atoms with Crippen LogP contribution in [0.2, 0.25) is 0 Å². The first-order valence-corrected chi connectivity index (χ1v) is 11.9. The third kappa shape index (κ3) is 4.47. The normalized spacial score (nSPS) is 18.9. The van der Waals surface area contributed by atoms with E-state index in [2.05, 4.69) is 20.0 Å². The molecule has 0 spiro atoms. The molecule has 5 rings (SSSR count). The second-order valence-electron chi connectivity index (χ2n) is 9.12. The first-order chi connectivity index (χ1) is 16.5. The molecule has 0 saturated carbocycles. The van der Waals surface area contributed by atoms with Gasteiger partial charge in [0.05, 0.1) is 17.3 Å². The lowest BCUT2D eigenvalue weighted by molar-refractivity contribution is -0.136. The van der Waals surface area contributed by atoms with Crippen LogP contribution in [0, 0.1) is 25.6 Å². The minimum atomic E-state index is -0.213. The smallest absolute Gasteiger partial charge is 0.227 e. The number of carbonyl (C=O) groups excluding carboxylic acids is 1. The molecule has 178 valence electrons. The molecule has 1 amide bonds. The van der Waals surface area contributed by atoms with Crippen molar-refractivity contribution < 1.29 is 9.18 Å². The molecular weight excluding hydrogens is 433 g/mol. The minimum Gasteiger partial charge on any atom is -0.366 e. The van der Waals surface area contributed by atoms with Crippen molar-refractivity contribution in [3.8, 4) is 5.82 Å². The predicted octanol–water partition coefficient (Wildman–Crippen LogP) is 2.98. The Kier molecular flexibility index (Phi) is 6.17. The number of hydrogen-bond acceptors (Lipinski definition) is 6. The summed E-state index contributed by atoms with van der Waals surface area (Å²) in [7, 11) is 0. The van der Waals surface area contributed by atoms with Crippen LogP contribution in [0.25, 0.3) is 5.82 Å². The van der Waals surface area contributed by atoms with Gasteiger partial charge in [-0.1, -0.05) is 12.1 Å². The molecule has 2 aliphatic heterocycles. The molecule has 4 heterocycles. The fraction of sp³-hybridized carbons (Fsp3) is 0.440. The molecule has 1 atom stereocenters. The molecule has 34 heavy (non-hydrogen) atoms. The average molecular weight is 464 g/mol. The first kappa shape index (κ1) is 22.3. The largest absolute Gasteiger partial charge is 0.366 e. The Morgan fingerprint density at radius 1 is 0.971 bits per heavy atom. The Balaban J connectivity index is 1.24. The molecule has 2 aromatic heterocycles. The van der Waals surface area contributed by atoms with Crippen LogP contribution in [-0.2, 0) is 4.79 Å². The average Bonchev–Trinajstić information content (AvgIpc) is 3.22. The van der Waals surface area contributed by atoms with Gasteiger partial charge in [0.1, 0.15) is 18.0 Å². The number of hydrogen-bond donors (Lipinski definition) is 0. The van der Waals surface area contributed by atoms with E-state index in [1.165, 1.54) is 6.07 Å². The molecule has 1 aromatic carbocycles. The zero-order valence-electron chi connectivity index (χ0n) is 19.7. The number of aryl methyl sites for hydroxylation is 2. The molecule has 0 radical (unpaired) electrons. The van der Waals surface area contributed by atoms with E-state index in [-0.39, 0.29) is 17.6 Å². The number of aromatic nitrogens is 4. The summed E-state index contributed by atoms with van der Waals surface area (Å²) in [6, 6.07) is 10.8. The van der Waals surface area contributed by atoms with Crippen molar-refractivity contribution >= 4 is 17.4 Å². The van der Waals surface area contributed by atoms with Crippen molar-refractivity contribution in [3.05, 3.63) is 59.9 Å². The van der Waals surface area contributed by atoms with Gasteiger partial charge < -0.3 is 14.7 Å². The maximum atomic E-state index is 14.1. The SMILES string of the molecule is Cc1cc(C)n(-c2cc(N3CCCC(C(=O)N4CCN(c5ccccc5F)CC4)C3)ncn2)n1. The van der Waals surface area contributed by atoms with Crippen LogP contribution >= 0.6 is 0 Å². The molecule has 1 unspecified atom stereocenters. The highest BCUT2D eigenvalue weighted by Crippen LogP contribution is 2.26. The monoisotopic (exact) mass is 463 g/mol. The predicted molar refractivity (Wildman–Crippen MR) is 129 cm³/mol. The number of rotatable bonds is 4. The Morgan fingerprint density at radius 2 is 1.74 bits per heavy atom. The standard InChI is InChI=1S/C25H30FN7O/c1-18-14-19(2)33(29-18)24-15-23(27-17-28-24)32-9-5-6-20(16-32)25(34)31-12-10-30(11-13-31)22-8-4-3-7-21(22)26/h3-4,7-8,14-15,17,20H,5-6,9-13,16H2,1-2H3. The van der Waals surface area contributed by atoms with Crippen molar-refractivity contribution in [2.75, 3.05) is 49.1 Å². The van der Waals surface area contributed by atoms with Crippen LogP contribution in [0.15, 0.2) is 42.7 Å². The molecule has 0 N–H and O–H groups in total. The summed E-state index contributed by atoms with van der Waals surface area (Å²) in [4.78, 5) is 28.4. The summed E-state index contributed by atoms with van der Waals surface area (Å²) in [6.45, 7) is 7.96. The molecule has 9 heteroatoms. The van der Waals surface area contributed by atoms with Gasteiger partial charge in [0.15, 0.2) is 5.82 Å². The lowest BCUT2D eigenvalue weighted by Crippen LogP contribution is -2.52. The lowest BCUT2D eigenvalue weighted by atomic mass is 9.96. The van der Waals surface area contributed by atoms with E-state index in [4.69, 9.17) is 0 Å². The number of piperazine rings is 1. The quantitative estimate of drug-likeness (QED) is 0.593. The van der Waals surface area contributed by atoms with Gasteiger partial charge in [0.25, 0.3) is 0 Å². The van der Waals surface area contributed by atoms with E-state index >= 15 is 0 Å². The van der Waals surface area contributed by atoms with Gasteiger partial charge in [-0.15, -0.1) is 0 Å². The Hall–Kier alpha value is -3.49. The van der Waals surface area contributed by atoms with Crippen molar-refractivity contribution in [3.63, 3.8) is 0 Å². The molecule has 0 bridgehead atoms. The Morgan fingerprint density at radius 3 is 2.47 bits per heavy atom. The first-order valence-electron chi connectivity index (χ1n) is 11.9. The van der Waals surface area contributed by atoms with E-state index in [0.29, 0.717) is 38.4 Å². The highest BCUT2D eigenvalue weighted by atomic mass is 19.1. The molecule has 2 fully saturated rings. The van der Waals surface area contributed by atoms with Gasteiger partial charge in [-0.05, 0) is 44.9 Å². The topological polar surface area (TPSA) is 70.4 Å². The van der Waals surface area contributed by atoms with Gasteiger partial charge in [-0.25, -0.2) is 19.0 Å². The number of nitrogens with zero attached hydrogens (tertiary/aromatic N) is 7. The Bertz CT molecular complexity index is 1170. The molecule has 2 saturated heterocycles. The van der Waals surface area contributed by atoms with Gasteiger partial charge in [-0.3, -0.25) is 4.79 Å². The van der Waals surface area contributed by atoms with Crippen molar-refractivity contribution in [2.24, 2.45) is 5.92 Å². The van der Waals surface area contributed by atoms with Crippen LogP contribution in [0.3, 0.4) is 0 Å². The fourth-order valence-electron chi connectivity index (χ4n) is 5.01. The van der Waals surface area contributed by atoms with Gasteiger partial charge in [0, 0.05) is 51.0 Å². The summed E-state index contributed by atoms with van der Waals surface area (Å²) < 4.78 is 16.0. The number of halogens is 1. The summed E-state index contributed by atoms with van der Waals surface area (Å²) in [5.74, 6) is 1.45. The highest BCUT2D eigenvalue weighted by Gasteiger charge is 2.32. The number of anilines is 2. The summed E-state index contributed by atoms with van der Waals surface area (Å²) in [5, 5.41) is 4.52. The van der Waals surface area contributed by atoms with Crippen LogP contribution in [0.4, 0.5) is 15.9 Å². The molecule has 2 aliphatic rings. The van der Waals surface area contributed by atoms with E-state index in [1.807, 2.05) is 46.5 Å². The maximum Gasteiger partial charge on any atom is 0.227 e. The van der Waals surface area contributed by atoms with Crippen molar-refractivity contribution in [1.29, 1.82) is 0 Å². The fourth-order valence-corrected chi connectivity index (χ4v) is 5.01. The van der Waals surface area contributed by atoms with Gasteiger partial charge in [0.2, 0.25) is 5.91 Å². The van der Waals surface area contributed by atoms with Gasteiger partial charge in [-0.2, -0.15) is 5.10 Å². The van der Waals surface area contributed by atoms with Crippen molar-refractivity contribution in [2.45, 2.75) is 26.7 Å². The molecule has 0 aliphatic carbocycles. The number of benzene rings is 1. The lowest BCUT2D eigenvalue weighted by Gasteiger charge is -2.40. The molecule has 3 aromatic rings. The zero-order valence-corrected chi connectivity index (χ0v) is 19.7. The van der Waals surface area contributed by atoms with Crippen LogP contribution in [-0.4, -0.2) is 69.8 Å². The third-order valence-electron chi connectivity index (χ3n) is 6.74. The van der Waals surface area contributed by atoms with E-state index in [1.54, 1.807) is 18.5 Å².